The molecule has 1 unspecified atom stereocenters. The molecule has 2 saturated heterocycles. The molecule has 2 fully saturated rings. The average molecular weight is 989 g/mol. The van der Waals surface area contributed by atoms with Crippen LogP contribution in [0.3, 0.4) is 0 Å². The van der Waals surface area contributed by atoms with Crippen molar-refractivity contribution in [2.75, 3.05) is 81.5 Å². The van der Waals surface area contributed by atoms with Gasteiger partial charge in [-0.3, -0.25) is 18.8 Å². The zero-order chi connectivity index (χ0) is 47.1. The van der Waals surface area contributed by atoms with Gasteiger partial charge in [-0.05, 0) is 109 Å². The number of carbonyl (C=O) groups excluding carboxylic acids is 1. The van der Waals surface area contributed by atoms with Crippen molar-refractivity contribution in [1.82, 2.24) is 14.5 Å². The number of carbonyl (C=O) groups is 1. The van der Waals surface area contributed by atoms with Crippen molar-refractivity contribution in [3.63, 3.8) is 0 Å². The number of sulfonamides is 1. The van der Waals surface area contributed by atoms with Crippen molar-refractivity contribution >= 4 is 71.3 Å². The van der Waals surface area contributed by atoms with E-state index in [0.717, 1.165) is 74.7 Å². The first-order valence-electron chi connectivity index (χ1n) is 22.0. The number of thioether (sulfide) groups is 1. The summed E-state index contributed by atoms with van der Waals surface area (Å²) >= 11 is 7.67. The number of aliphatic hydroxyl groups excluding tert-OH is 1. The van der Waals surface area contributed by atoms with E-state index >= 15 is 0 Å². The predicted octanol–water partition coefficient (Wildman–Crippen LogP) is 9.02. The Balaban J connectivity index is 1.03. The molecule has 4 aromatic rings. The summed E-state index contributed by atoms with van der Waals surface area (Å²) in [5.74, 6) is -0.597. The van der Waals surface area contributed by atoms with Gasteiger partial charge >= 0.3 is 5.51 Å². The maximum Gasteiger partial charge on any atom is 0.470 e. The number of halogens is 4. The van der Waals surface area contributed by atoms with Gasteiger partial charge in [0.05, 0.1) is 28.7 Å². The second-order valence-corrected chi connectivity index (χ2v) is 23.2. The highest BCUT2D eigenvalue weighted by atomic mass is 35.5. The number of alkyl halides is 3. The van der Waals surface area contributed by atoms with Gasteiger partial charge < -0.3 is 20.1 Å². The number of benzene rings is 4. The number of nitrogens with zero attached hydrogens (tertiary/aromatic N) is 3. The lowest BCUT2D eigenvalue weighted by Gasteiger charge is -2.39. The van der Waals surface area contributed by atoms with Crippen LogP contribution in [0.25, 0.3) is 5.57 Å². The van der Waals surface area contributed by atoms with Gasteiger partial charge in [-0.25, -0.2) is 13.1 Å². The molecule has 66 heavy (non-hydrogen) atoms. The number of amides is 1. The minimum atomic E-state index is -5.48. The smallest absolute Gasteiger partial charge is 0.380 e. The normalized spacial score (nSPS) is 18.9. The summed E-state index contributed by atoms with van der Waals surface area (Å²) in [6, 6.07) is 26.3. The van der Waals surface area contributed by atoms with Crippen LogP contribution < -0.4 is 14.9 Å². The Kier molecular flexibility index (Phi) is 16.2. The monoisotopic (exact) mass is 987 g/mol. The van der Waals surface area contributed by atoms with Gasteiger partial charge in [-0.2, -0.15) is 13.2 Å². The Morgan fingerprint density at radius 2 is 1.59 bits per heavy atom. The fourth-order valence-corrected chi connectivity index (χ4v) is 12.1. The minimum Gasteiger partial charge on any atom is -0.380 e. The predicted molar refractivity (Wildman–Crippen MR) is 260 cm³/mol. The standard InChI is InChI=1S/C48H57ClF3N5O6S3/c1-47(2)20-18-43(35-8-12-38(49)13-9-35)37(31-47)32-56-22-24-57(25-23-56)40-14-10-36(11-15-40)46(59)54-66(61,62)42-16-17-44(45(30-42)65(60,34-58)48(50,51)52)53-39(19-21-55-26-28-63-29-27-55)33-64-41-6-4-3-5-7-41/h3-17,30,34,39,53,58H,18-29,31-33H2,1-2H3,(H,54,59)/t39-,65?/m1/s1. The van der Waals surface area contributed by atoms with E-state index in [9.17, 15) is 35.7 Å². The van der Waals surface area contributed by atoms with Crippen LogP contribution in [0.4, 0.5) is 24.5 Å². The fraction of sp³-hybridized carbons (Fsp3) is 0.417. The zero-order valence-electron chi connectivity index (χ0n) is 37.1. The molecule has 2 aliphatic heterocycles. The Bertz CT molecular complexity index is 2580. The van der Waals surface area contributed by atoms with Gasteiger partial charge in [0.15, 0.2) is 0 Å². The van der Waals surface area contributed by atoms with Crippen LogP contribution in [0.1, 0.15) is 55.5 Å². The number of rotatable bonds is 16. The lowest BCUT2D eigenvalue weighted by molar-refractivity contribution is -0.0394. The molecule has 2 heterocycles. The molecule has 11 nitrogen and oxygen atoms in total. The third-order valence-electron chi connectivity index (χ3n) is 12.4. The molecular formula is C48H57ClF3N5O6S3. The number of nitrogens with one attached hydrogen (secondary N) is 2. The summed E-state index contributed by atoms with van der Waals surface area (Å²) in [5.41, 5.74) is -1.01. The van der Waals surface area contributed by atoms with E-state index in [0.29, 0.717) is 56.1 Å². The Morgan fingerprint density at radius 1 is 0.909 bits per heavy atom. The minimum absolute atomic E-state index is 0.0165. The van der Waals surface area contributed by atoms with Crippen LogP contribution in [0.5, 0.6) is 0 Å². The third kappa shape index (κ3) is 12.5. The number of hydrogen-bond donors (Lipinski definition) is 3. The van der Waals surface area contributed by atoms with E-state index in [1.165, 1.54) is 40.6 Å². The van der Waals surface area contributed by atoms with Gasteiger partial charge in [0.25, 0.3) is 15.9 Å². The van der Waals surface area contributed by atoms with Gasteiger partial charge in [-0.15, -0.1) is 11.8 Å². The van der Waals surface area contributed by atoms with Crippen molar-refractivity contribution in [2.24, 2.45) is 5.41 Å². The molecule has 3 aliphatic rings. The quantitative estimate of drug-likeness (QED) is 0.0735. The number of aliphatic hydroxyl groups is 1. The number of piperazine rings is 1. The molecule has 2 atom stereocenters. The second-order valence-electron chi connectivity index (χ2n) is 17.7. The molecule has 3 N–H and O–H groups in total. The van der Waals surface area contributed by atoms with E-state index in [1.54, 1.807) is 12.1 Å². The zero-order valence-corrected chi connectivity index (χ0v) is 40.3. The highest BCUT2D eigenvalue weighted by Crippen LogP contribution is 2.43. The van der Waals surface area contributed by atoms with Crippen molar-refractivity contribution < 1.29 is 40.4 Å². The van der Waals surface area contributed by atoms with Crippen LogP contribution in [0, 0.1) is 5.41 Å². The van der Waals surface area contributed by atoms with Crippen LogP contribution >= 0.6 is 23.4 Å². The Hall–Kier alpha value is -4.07. The average Bonchev–Trinajstić information content (AvgIpc) is 3.30. The first-order valence-corrected chi connectivity index (χ1v) is 26.5. The second kappa shape index (κ2) is 21.5. The summed E-state index contributed by atoms with van der Waals surface area (Å²) in [6.07, 6.45) is 3.64. The van der Waals surface area contributed by atoms with Crippen LogP contribution in [-0.4, -0.2) is 122 Å². The molecule has 18 heteroatoms. The number of anilines is 2. The van der Waals surface area contributed by atoms with Crippen LogP contribution in [0.15, 0.2) is 117 Å². The lowest BCUT2D eigenvalue weighted by atomic mass is 9.73. The van der Waals surface area contributed by atoms with Crippen LogP contribution in [-0.2, 0) is 24.3 Å². The van der Waals surface area contributed by atoms with Crippen molar-refractivity contribution in [1.29, 1.82) is 0 Å². The Morgan fingerprint density at radius 3 is 2.24 bits per heavy atom. The molecule has 7 rings (SSSR count). The topological polar surface area (TPSA) is 132 Å². The number of allylic oxidation sites excluding steroid dienone is 1. The first-order chi connectivity index (χ1) is 31.4. The largest absolute Gasteiger partial charge is 0.470 e. The summed E-state index contributed by atoms with van der Waals surface area (Å²) in [6.45, 7) is 11.7. The van der Waals surface area contributed by atoms with E-state index in [2.05, 4.69) is 46.0 Å². The van der Waals surface area contributed by atoms with Gasteiger partial charge in [0, 0.05) is 85.3 Å². The van der Waals surface area contributed by atoms with Gasteiger partial charge in [-0.1, -0.05) is 61.4 Å². The number of hydrogen-bond acceptors (Lipinski definition) is 10. The molecule has 1 aliphatic carbocycles. The van der Waals surface area contributed by atoms with Gasteiger partial charge in [0.2, 0.25) is 0 Å². The number of morpholine rings is 1. The van der Waals surface area contributed by atoms with Gasteiger partial charge in [0.1, 0.15) is 15.1 Å². The highest BCUT2D eigenvalue weighted by Gasteiger charge is 2.45. The summed E-state index contributed by atoms with van der Waals surface area (Å²) in [4.78, 5) is 19.5. The van der Waals surface area contributed by atoms with E-state index in [1.807, 2.05) is 47.2 Å². The van der Waals surface area contributed by atoms with E-state index in [4.69, 9.17) is 16.3 Å². The maximum atomic E-state index is 14.6. The maximum absolute atomic E-state index is 14.6. The fourth-order valence-electron chi connectivity index (χ4n) is 8.64. The van der Waals surface area contributed by atoms with E-state index < -0.39 is 52.3 Å². The molecule has 0 bridgehead atoms. The van der Waals surface area contributed by atoms with Crippen molar-refractivity contribution in [3.05, 3.63) is 119 Å². The lowest BCUT2D eigenvalue weighted by Crippen LogP contribution is -2.47. The summed E-state index contributed by atoms with van der Waals surface area (Å²) in [5, 5.41) is 13.7. The molecule has 356 valence electrons. The highest BCUT2D eigenvalue weighted by molar-refractivity contribution is 8.02. The molecule has 0 spiro atoms. The summed E-state index contributed by atoms with van der Waals surface area (Å²) in [7, 11) is -10.2. The third-order valence-corrected chi connectivity index (χ3v) is 17.1. The van der Waals surface area contributed by atoms with E-state index in [-0.39, 0.29) is 16.7 Å². The summed E-state index contributed by atoms with van der Waals surface area (Å²) < 4.78 is 92.2. The molecule has 0 radical (unpaired) electrons. The molecule has 0 aromatic heterocycles. The van der Waals surface area contributed by atoms with Crippen LogP contribution in [0.2, 0.25) is 5.02 Å². The number of ether oxygens (including phenoxy) is 1. The molecule has 0 saturated carbocycles. The SMILES string of the molecule is CC1(C)CCC(c2ccc(Cl)cc2)=C(CN2CCN(c3ccc(C(=O)NS(=O)(=O)c4ccc(N[C@H](CCN5CCOCC5)CSc5ccccc5)c(S(=O)(=CO)C(F)(F)F)c4)cc3)CC2)C1. The first kappa shape index (κ1) is 49.8. The van der Waals surface area contributed by atoms with Crippen molar-refractivity contribution in [3.8, 4) is 0 Å². The molecule has 4 aromatic carbocycles. The van der Waals surface area contributed by atoms with Crippen molar-refractivity contribution in [2.45, 2.75) is 65.8 Å². The molecular weight excluding hydrogens is 931 g/mol. The Labute approximate surface area is 395 Å². The molecule has 1 amide bonds.